The molecule has 0 spiro atoms. The molecule has 2 N–H and O–H groups in total. The minimum atomic E-state index is -0.584. The standard InChI is InChI=1S/C18H15N3O4/c1-11(19-20-16(23)14-8-4-5-9-15(14)22)10-21-17(24)12-6-2-3-7-13(12)18(21)25/h2-9,22H,10H2,1H3,(H,20,23). The largest absolute Gasteiger partial charge is 0.507 e. The van der Waals surface area contributed by atoms with Crippen molar-refractivity contribution in [2.45, 2.75) is 6.92 Å². The molecule has 2 aromatic rings. The average Bonchev–Trinajstić information content (AvgIpc) is 2.85. The van der Waals surface area contributed by atoms with Crippen molar-refractivity contribution < 1.29 is 19.5 Å². The van der Waals surface area contributed by atoms with E-state index in [2.05, 4.69) is 10.5 Å². The topological polar surface area (TPSA) is 99.1 Å². The van der Waals surface area contributed by atoms with Gasteiger partial charge < -0.3 is 5.11 Å². The van der Waals surface area contributed by atoms with E-state index in [1.54, 1.807) is 43.3 Å². The number of nitrogens with one attached hydrogen (secondary N) is 1. The Bertz CT molecular complexity index is 870. The molecule has 1 heterocycles. The molecule has 0 bridgehead atoms. The highest BCUT2D eigenvalue weighted by Crippen LogP contribution is 2.22. The molecular weight excluding hydrogens is 322 g/mol. The Morgan fingerprint density at radius 1 is 1.04 bits per heavy atom. The number of para-hydroxylation sites is 1. The van der Waals surface area contributed by atoms with Crippen molar-refractivity contribution in [3.8, 4) is 5.75 Å². The number of nitrogens with zero attached hydrogens (tertiary/aromatic N) is 2. The highest BCUT2D eigenvalue weighted by Gasteiger charge is 2.35. The number of hydrogen-bond acceptors (Lipinski definition) is 5. The van der Waals surface area contributed by atoms with Crippen molar-refractivity contribution in [3.63, 3.8) is 0 Å². The Kier molecular flexibility index (Phi) is 4.30. The number of fused-ring (bicyclic) bond motifs is 1. The molecule has 0 fully saturated rings. The number of rotatable bonds is 4. The van der Waals surface area contributed by atoms with Crippen LogP contribution in [0.2, 0.25) is 0 Å². The molecule has 0 radical (unpaired) electrons. The minimum absolute atomic E-state index is 0.0343. The molecule has 25 heavy (non-hydrogen) atoms. The van der Waals surface area contributed by atoms with Gasteiger partial charge in [-0.25, -0.2) is 5.43 Å². The second-order valence-electron chi connectivity index (χ2n) is 5.55. The first-order chi connectivity index (χ1) is 12.0. The van der Waals surface area contributed by atoms with Crippen molar-refractivity contribution in [1.82, 2.24) is 10.3 Å². The number of hydrogen-bond donors (Lipinski definition) is 2. The van der Waals surface area contributed by atoms with Gasteiger partial charge in [0.15, 0.2) is 0 Å². The fourth-order valence-corrected chi connectivity index (χ4v) is 2.52. The van der Waals surface area contributed by atoms with Gasteiger partial charge in [-0.1, -0.05) is 24.3 Å². The van der Waals surface area contributed by atoms with Crippen LogP contribution < -0.4 is 5.43 Å². The first kappa shape index (κ1) is 16.4. The quantitative estimate of drug-likeness (QED) is 0.505. The molecule has 1 aliphatic heterocycles. The molecule has 3 rings (SSSR count). The van der Waals surface area contributed by atoms with E-state index in [0.717, 1.165) is 4.90 Å². The lowest BCUT2D eigenvalue weighted by atomic mass is 10.1. The maximum atomic E-state index is 12.3. The number of hydrazone groups is 1. The highest BCUT2D eigenvalue weighted by atomic mass is 16.3. The molecule has 0 aliphatic carbocycles. The second kappa shape index (κ2) is 6.56. The van der Waals surface area contributed by atoms with Crippen LogP contribution in [0, 0.1) is 0 Å². The highest BCUT2D eigenvalue weighted by molar-refractivity contribution is 6.22. The Morgan fingerprint density at radius 3 is 2.20 bits per heavy atom. The third-order valence-electron chi connectivity index (χ3n) is 3.76. The van der Waals surface area contributed by atoms with E-state index in [0.29, 0.717) is 16.8 Å². The molecule has 7 nitrogen and oxygen atoms in total. The number of phenolic OH excluding ortho intramolecular Hbond substituents is 1. The Labute approximate surface area is 143 Å². The summed E-state index contributed by atoms with van der Waals surface area (Å²) in [6.45, 7) is 1.56. The Morgan fingerprint density at radius 2 is 1.60 bits per heavy atom. The summed E-state index contributed by atoms with van der Waals surface area (Å²) < 4.78 is 0. The summed E-state index contributed by atoms with van der Waals surface area (Å²) in [6, 6.07) is 12.7. The van der Waals surface area contributed by atoms with Crippen molar-refractivity contribution in [2.75, 3.05) is 6.54 Å². The van der Waals surface area contributed by atoms with Crippen LogP contribution in [0.4, 0.5) is 0 Å². The van der Waals surface area contributed by atoms with Gasteiger partial charge >= 0.3 is 0 Å². The molecule has 7 heteroatoms. The summed E-state index contributed by atoms with van der Waals surface area (Å²) in [5.41, 5.74) is 3.48. The molecule has 3 amide bonds. The summed E-state index contributed by atoms with van der Waals surface area (Å²) in [7, 11) is 0. The van der Waals surface area contributed by atoms with Crippen LogP contribution in [0.5, 0.6) is 5.75 Å². The van der Waals surface area contributed by atoms with Gasteiger partial charge in [0.05, 0.1) is 28.9 Å². The van der Waals surface area contributed by atoms with Crippen molar-refractivity contribution in [2.24, 2.45) is 5.10 Å². The van der Waals surface area contributed by atoms with Gasteiger partial charge in [-0.3, -0.25) is 19.3 Å². The number of aromatic hydroxyl groups is 1. The lowest BCUT2D eigenvalue weighted by Gasteiger charge is -2.13. The predicted octanol–water partition coefficient (Wildman–Crippen LogP) is 1.79. The van der Waals surface area contributed by atoms with Gasteiger partial charge in [0.1, 0.15) is 5.75 Å². The van der Waals surface area contributed by atoms with Crippen LogP contribution in [0.3, 0.4) is 0 Å². The van der Waals surface area contributed by atoms with E-state index in [9.17, 15) is 19.5 Å². The number of amides is 3. The molecular formula is C18H15N3O4. The van der Waals surface area contributed by atoms with E-state index in [4.69, 9.17) is 0 Å². The maximum Gasteiger partial charge on any atom is 0.275 e. The summed E-state index contributed by atoms with van der Waals surface area (Å²) in [4.78, 5) is 37.6. The monoisotopic (exact) mass is 337 g/mol. The van der Waals surface area contributed by atoms with E-state index < -0.39 is 5.91 Å². The van der Waals surface area contributed by atoms with Crippen molar-refractivity contribution in [3.05, 3.63) is 65.2 Å². The third kappa shape index (κ3) is 3.12. The van der Waals surface area contributed by atoms with Gasteiger partial charge in [-0.2, -0.15) is 5.10 Å². The first-order valence-electron chi connectivity index (χ1n) is 7.55. The molecule has 126 valence electrons. The summed E-state index contributed by atoms with van der Waals surface area (Å²) in [5.74, 6) is -1.52. The smallest absolute Gasteiger partial charge is 0.275 e. The van der Waals surface area contributed by atoms with Crippen molar-refractivity contribution >= 4 is 23.4 Å². The van der Waals surface area contributed by atoms with Gasteiger partial charge in [0.25, 0.3) is 17.7 Å². The van der Waals surface area contributed by atoms with Crippen LogP contribution in [0.15, 0.2) is 53.6 Å². The molecule has 0 saturated carbocycles. The van der Waals surface area contributed by atoms with E-state index >= 15 is 0 Å². The molecule has 1 aliphatic rings. The van der Waals surface area contributed by atoms with Crippen LogP contribution in [0.1, 0.15) is 38.0 Å². The Hall–Kier alpha value is -3.48. The van der Waals surface area contributed by atoms with Gasteiger partial charge in [0, 0.05) is 0 Å². The van der Waals surface area contributed by atoms with Crippen LogP contribution in [0.25, 0.3) is 0 Å². The lowest BCUT2D eigenvalue weighted by Crippen LogP contribution is -2.35. The number of benzene rings is 2. The predicted molar refractivity (Wildman–Crippen MR) is 90.5 cm³/mol. The fourth-order valence-electron chi connectivity index (χ4n) is 2.52. The number of imide groups is 1. The number of phenols is 1. The van der Waals surface area contributed by atoms with E-state index in [-0.39, 0.29) is 29.7 Å². The van der Waals surface area contributed by atoms with E-state index in [1.807, 2.05) is 0 Å². The second-order valence-corrected chi connectivity index (χ2v) is 5.55. The molecule has 0 unspecified atom stereocenters. The molecule has 0 saturated heterocycles. The zero-order valence-corrected chi connectivity index (χ0v) is 13.4. The normalized spacial score (nSPS) is 13.8. The zero-order valence-electron chi connectivity index (χ0n) is 13.4. The van der Waals surface area contributed by atoms with Gasteiger partial charge in [-0.05, 0) is 31.2 Å². The molecule has 2 aromatic carbocycles. The van der Waals surface area contributed by atoms with Crippen molar-refractivity contribution in [1.29, 1.82) is 0 Å². The SMILES string of the molecule is CC(CN1C(=O)c2ccccc2C1=O)=NNC(=O)c1ccccc1O. The van der Waals surface area contributed by atoms with Crippen LogP contribution in [-0.4, -0.2) is 40.0 Å². The molecule has 0 atom stereocenters. The summed E-state index contributed by atoms with van der Waals surface area (Å²) >= 11 is 0. The summed E-state index contributed by atoms with van der Waals surface area (Å²) in [5, 5.41) is 13.5. The van der Waals surface area contributed by atoms with Crippen LogP contribution >= 0.6 is 0 Å². The maximum absolute atomic E-state index is 12.3. The minimum Gasteiger partial charge on any atom is -0.507 e. The summed E-state index contributed by atoms with van der Waals surface area (Å²) in [6.07, 6.45) is 0. The zero-order chi connectivity index (χ0) is 18.0. The molecule has 0 aromatic heterocycles. The van der Waals surface area contributed by atoms with Gasteiger partial charge in [0.2, 0.25) is 0 Å². The number of carbonyl (C=O) groups is 3. The lowest BCUT2D eigenvalue weighted by molar-refractivity contribution is 0.0677. The first-order valence-corrected chi connectivity index (χ1v) is 7.55. The fraction of sp³-hybridized carbons (Fsp3) is 0.111. The van der Waals surface area contributed by atoms with E-state index in [1.165, 1.54) is 12.1 Å². The third-order valence-corrected chi connectivity index (χ3v) is 3.76. The Balaban J connectivity index is 1.69. The average molecular weight is 337 g/mol. The number of carbonyl (C=O) groups excluding carboxylic acids is 3. The van der Waals surface area contributed by atoms with Gasteiger partial charge in [-0.15, -0.1) is 0 Å². The van der Waals surface area contributed by atoms with Crippen LogP contribution in [-0.2, 0) is 0 Å².